The van der Waals surface area contributed by atoms with Crippen LogP contribution in [-0.4, -0.2) is 9.55 Å². The van der Waals surface area contributed by atoms with E-state index in [4.69, 9.17) is 0 Å². The molecule has 1 aromatic heterocycles. The van der Waals surface area contributed by atoms with E-state index in [1.807, 2.05) is 27.2 Å². The van der Waals surface area contributed by atoms with Crippen LogP contribution in [0, 0.1) is 9.39 Å². The van der Waals surface area contributed by atoms with Crippen LogP contribution in [0.2, 0.25) is 0 Å². The Morgan fingerprint density at radius 1 is 1.38 bits per heavy atom. The highest BCUT2D eigenvalue weighted by molar-refractivity contribution is 14.1. The molecule has 2 rings (SSSR count). The van der Waals surface area contributed by atoms with Crippen molar-refractivity contribution in [1.29, 1.82) is 0 Å². The Labute approximate surface area is 108 Å². The molecule has 0 saturated heterocycles. The summed E-state index contributed by atoms with van der Waals surface area (Å²) in [5, 5.41) is 0. The van der Waals surface area contributed by atoms with E-state index in [1.165, 1.54) is 12.8 Å². The van der Waals surface area contributed by atoms with E-state index >= 15 is 0 Å². The first-order valence-corrected chi connectivity index (χ1v) is 6.60. The third-order valence-corrected chi connectivity index (χ3v) is 3.49. The largest absolute Gasteiger partial charge is 0.331 e. The van der Waals surface area contributed by atoms with E-state index in [2.05, 4.69) is 11.9 Å². The number of imidazole rings is 1. The molecule has 0 spiro atoms. The van der Waals surface area contributed by atoms with E-state index in [1.54, 1.807) is 18.5 Å². The minimum atomic E-state index is -0.162. The van der Waals surface area contributed by atoms with Gasteiger partial charge >= 0.3 is 0 Å². The fourth-order valence-electron chi connectivity index (χ4n) is 1.76. The molecule has 2 nitrogen and oxygen atoms in total. The van der Waals surface area contributed by atoms with Gasteiger partial charge in [-0.2, -0.15) is 0 Å². The lowest BCUT2D eigenvalue weighted by Gasteiger charge is -2.03. The Morgan fingerprint density at radius 2 is 2.19 bits per heavy atom. The molecular formula is C12H14FIN2. The van der Waals surface area contributed by atoms with Crippen molar-refractivity contribution in [3.63, 3.8) is 0 Å². The van der Waals surface area contributed by atoms with Crippen LogP contribution >= 0.6 is 22.6 Å². The molecule has 0 atom stereocenters. The van der Waals surface area contributed by atoms with Crippen molar-refractivity contribution in [3.05, 3.63) is 27.8 Å². The lowest BCUT2D eigenvalue weighted by molar-refractivity contribution is 0.606. The number of fused-ring (bicyclic) bond motifs is 1. The van der Waals surface area contributed by atoms with Crippen LogP contribution < -0.4 is 0 Å². The molecule has 0 amide bonds. The number of hydrogen-bond acceptors (Lipinski definition) is 1. The topological polar surface area (TPSA) is 17.8 Å². The average molecular weight is 332 g/mol. The fourth-order valence-corrected chi connectivity index (χ4v) is 2.21. The maximum atomic E-state index is 13.4. The Kier molecular flexibility index (Phi) is 3.78. The maximum absolute atomic E-state index is 13.4. The number of hydrogen-bond donors (Lipinski definition) is 0. The number of nitrogens with zero attached hydrogens (tertiary/aromatic N) is 2. The zero-order valence-corrected chi connectivity index (χ0v) is 11.4. The van der Waals surface area contributed by atoms with E-state index in [0.29, 0.717) is 3.57 Å². The predicted molar refractivity (Wildman–Crippen MR) is 71.9 cm³/mol. The molecular weight excluding hydrogens is 318 g/mol. The fraction of sp³-hybridized carbons (Fsp3) is 0.417. The van der Waals surface area contributed by atoms with Crippen LogP contribution in [0.15, 0.2) is 18.5 Å². The molecule has 86 valence electrons. The summed E-state index contributed by atoms with van der Waals surface area (Å²) >= 11 is 1.99. The highest BCUT2D eigenvalue weighted by Crippen LogP contribution is 2.20. The van der Waals surface area contributed by atoms with E-state index in [9.17, 15) is 4.39 Å². The Hall–Kier alpha value is -0.650. The second kappa shape index (κ2) is 5.12. The van der Waals surface area contributed by atoms with Gasteiger partial charge in [0.05, 0.1) is 20.9 Å². The summed E-state index contributed by atoms with van der Waals surface area (Å²) in [6.07, 6.45) is 5.32. The van der Waals surface area contributed by atoms with Crippen LogP contribution in [0.4, 0.5) is 4.39 Å². The van der Waals surface area contributed by atoms with Gasteiger partial charge in [0.1, 0.15) is 5.82 Å². The normalized spacial score (nSPS) is 11.2. The molecule has 1 aromatic carbocycles. The number of halogens is 2. The molecule has 0 aliphatic heterocycles. The lowest BCUT2D eigenvalue weighted by atomic mass is 10.2. The Balaban J connectivity index is 2.29. The minimum absolute atomic E-state index is 0.162. The highest BCUT2D eigenvalue weighted by Gasteiger charge is 2.07. The summed E-state index contributed by atoms with van der Waals surface area (Å²) in [5.74, 6) is -0.162. The van der Waals surface area contributed by atoms with Crippen LogP contribution in [0.3, 0.4) is 0 Å². The molecule has 0 fully saturated rings. The summed E-state index contributed by atoms with van der Waals surface area (Å²) in [5.41, 5.74) is 1.77. The van der Waals surface area contributed by atoms with Gasteiger partial charge in [0, 0.05) is 12.6 Å². The van der Waals surface area contributed by atoms with Crippen molar-refractivity contribution in [2.45, 2.75) is 32.7 Å². The van der Waals surface area contributed by atoms with E-state index in [-0.39, 0.29) is 5.82 Å². The standard InChI is InChI=1S/C12H14FIN2/c1-2-3-4-5-16-8-15-11-7-10(14)9(13)6-12(11)16/h6-8H,2-5H2,1H3. The SMILES string of the molecule is CCCCCn1cnc2cc(I)c(F)cc21. The second-order valence-corrected chi connectivity index (χ2v) is 5.06. The monoisotopic (exact) mass is 332 g/mol. The summed E-state index contributed by atoms with van der Waals surface area (Å²) in [6.45, 7) is 3.10. The van der Waals surface area contributed by atoms with Gasteiger partial charge in [0.2, 0.25) is 0 Å². The van der Waals surface area contributed by atoms with Gasteiger partial charge in [0.15, 0.2) is 0 Å². The summed E-state index contributed by atoms with van der Waals surface area (Å²) in [6, 6.07) is 3.37. The van der Waals surface area contributed by atoms with Gasteiger partial charge < -0.3 is 4.57 Å². The second-order valence-electron chi connectivity index (χ2n) is 3.90. The van der Waals surface area contributed by atoms with Crippen molar-refractivity contribution in [1.82, 2.24) is 9.55 Å². The van der Waals surface area contributed by atoms with Gasteiger partial charge in [-0.1, -0.05) is 19.8 Å². The Morgan fingerprint density at radius 3 is 2.94 bits per heavy atom. The van der Waals surface area contributed by atoms with E-state index < -0.39 is 0 Å². The zero-order chi connectivity index (χ0) is 11.5. The summed E-state index contributed by atoms with van der Waals surface area (Å²) in [4.78, 5) is 4.29. The molecule has 0 radical (unpaired) electrons. The van der Waals surface area contributed by atoms with Crippen molar-refractivity contribution in [2.24, 2.45) is 0 Å². The van der Waals surface area contributed by atoms with Gasteiger partial charge in [-0.05, 0) is 35.1 Å². The van der Waals surface area contributed by atoms with Gasteiger partial charge in [-0.3, -0.25) is 0 Å². The molecule has 0 N–H and O–H groups in total. The molecule has 0 aliphatic carbocycles. The zero-order valence-electron chi connectivity index (χ0n) is 9.21. The number of benzene rings is 1. The third-order valence-electron chi connectivity index (χ3n) is 2.67. The quantitative estimate of drug-likeness (QED) is 0.612. The smallest absolute Gasteiger partial charge is 0.138 e. The first kappa shape index (κ1) is 11.8. The average Bonchev–Trinajstić information content (AvgIpc) is 2.63. The van der Waals surface area contributed by atoms with Gasteiger partial charge in [-0.15, -0.1) is 0 Å². The van der Waals surface area contributed by atoms with E-state index in [0.717, 1.165) is 24.0 Å². The van der Waals surface area contributed by atoms with Gasteiger partial charge in [0.25, 0.3) is 0 Å². The van der Waals surface area contributed by atoms with Crippen molar-refractivity contribution >= 4 is 33.6 Å². The molecule has 0 saturated carbocycles. The minimum Gasteiger partial charge on any atom is -0.331 e. The number of aryl methyl sites for hydroxylation is 1. The van der Waals surface area contributed by atoms with Crippen LogP contribution in [0.1, 0.15) is 26.2 Å². The molecule has 0 aliphatic rings. The maximum Gasteiger partial charge on any atom is 0.138 e. The molecule has 4 heteroatoms. The van der Waals surface area contributed by atoms with Crippen molar-refractivity contribution in [3.8, 4) is 0 Å². The summed E-state index contributed by atoms with van der Waals surface area (Å²) in [7, 11) is 0. The van der Waals surface area contributed by atoms with Crippen molar-refractivity contribution in [2.75, 3.05) is 0 Å². The van der Waals surface area contributed by atoms with Crippen LogP contribution in [0.25, 0.3) is 11.0 Å². The number of unbranched alkanes of at least 4 members (excludes halogenated alkanes) is 2. The number of aromatic nitrogens is 2. The van der Waals surface area contributed by atoms with Crippen LogP contribution in [0.5, 0.6) is 0 Å². The first-order valence-electron chi connectivity index (χ1n) is 5.52. The summed E-state index contributed by atoms with van der Waals surface area (Å²) < 4.78 is 16.1. The first-order chi connectivity index (χ1) is 7.72. The highest BCUT2D eigenvalue weighted by atomic mass is 127. The lowest BCUT2D eigenvalue weighted by Crippen LogP contribution is -1.96. The number of rotatable bonds is 4. The predicted octanol–water partition coefficient (Wildman–Crippen LogP) is 3.97. The molecule has 1 heterocycles. The van der Waals surface area contributed by atoms with Crippen molar-refractivity contribution < 1.29 is 4.39 Å². The van der Waals surface area contributed by atoms with Gasteiger partial charge in [-0.25, -0.2) is 9.37 Å². The third kappa shape index (κ3) is 2.36. The molecule has 0 unspecified atom stereocenters. The molecule has 0 bridgehead atoms. The molecule has 2 aromatic rings. The van der Waals surface area contributed by atoms with Crippen LogP contribution in [-0.2, 0) is 6.54 Å². The Bertz CT molecular complexity index is 493. The molecule has 16 heavy (non-hydrogen) atoms.